The monoisotopic (exact) mass is 434 g/mol. The topological polar surface area (TPSA) is 40.6 Å². The second-order valence-electron chi connectivity index (χ2n) is 10.6. The minimum atomic E-state index is -3.19. The van der Waals surface area contributed by atoms with Gasteiger partial charge in [0, 0.05) is 38.1 Å². The Balaban J connectivity index is 1.80. The Kier molecular flexibility index (Phi) is 7.55. The quantitative estimate of drug-likeness (QED) is 0.606. The van der Waals surface area contributed by atoms with Crippen LogP contribution in [0.2, 0.25) is 0 Å². The number of hydrogen-bond donors (Lipinski definition) is 0. The molecule has 30 heavy (non-hydrogen) atoms. The van der Waals surface area contributed by atoms with Gasteiger partial charge >= 0.3 is 0 Å². The van der Waals surface area contributed by atoms with Crippen molar-refractivity contribution < 1.29 is 8.42 Å². The van der Waals surface area contributed by atoms with Gasteiger partial charge in [-0.2, -0.15) is 0 Å². The molecule has 2 aliphatic rings. The zero-order valence-corrected chi connectivity index (χ0v) is 20.6. The lowest BCUT2D eigenvalue weighted by Gasteiger charge is -2.40. The highest BCUT2D eigenvalue weighted by Crippen LogP contribution is 2.45. The van der Waals surface area contributed by atoms with Crippen molar-refractivity contribution >= 4 is 15.5 Å². The van der Waals surface area contributed by atoms with E-state index in [0.717, 1.165) is 32.1 Å². The molecule has 1 heterocycles. The van der Waals surface area contributed by atoms with Gasteiger partial charge in [-0.05, 0) is 79.7 Å². The number of piperazine rings is 1. The summed E-state index contributed by atoms with van der Waals surface area (Å²) in [7, 11) is -3.19. The Hall–Kier alpha value is -1.07. The summed E-state index contributed by atoms with van der Waals surface area (Å²) in [6.07, 6.45) is 8.65. The van der Waals surface area contributed by atoms with Crippen LogP contribution in [0.4, 0.5) is 5.69 Å². The molecule has 1 aromatic carbocycles. The van der Waals surface area contributed by atoms with Gasteiger partial charge in [0.25, 0.3) is 0 Å². The number of hydrogen-bond acceptors (Lipinski definition) is 4. The Morgan fingerprint density at radius 1 is 1.00 bits per heavy atom. The molecule has 0 amide bonds. The first-order valence-corrected chi connectivity index (χ1v) is 13.8. The van der Waals surface area contributed by atoms with Crippen molar-refractivity contribution in [3.05, 3.63) is 23.8 Å². The second-order valence-corrected chi connectivity index (χ2v) is 12.6. The van der Waals surface area contributed by atoms with Gasteiger partial charge in [0.2, 0.25) is 0 Å². The van der Waals surface area contributed by atoms with E-state index in [1.54, 1.807) is 0 Å². The molecule has 5 heteroatoms. The first-order valence-electron chi connectivity index (χ1n) is 11.9. The molecule has 0 spiro atoms. The maximum Gasteiger partial charge on any atom is 0.175 e. The summed E-state index contributed by atoms with van der Waals surface area (Å²) in [6, 6.07) is 5.90. The highest BCUT2D eigenvalue weighted by molar-refractivity contribution is 7.90. The largest absolute Gasteiger partial charge is 0.369 e. The van der Waals surface area contributed by atoms with Crippen molar-refractivity contribution in [2.24, 2.45) is 11.3 Å². The Morgan fingerprint density at radius 3 is 2.17 bits per heavy atom. The summed E-state index contributed by atoms with van der Waals surface area (Å²) in [4.78, 5) is 5.54. The SMILES string of the molecule is CCCCN1CCN(c2ccc(S(C)(=O)=O)cc2C2CCC(C(C)(C)C)CC2)CC1. The predicted octanol–water partition coefficient (Wildman–Crippen LogP) is 5.33. The Bertz CT molecular complexity index is 797. The zero-order valence-electron chi connectivity index (χ0n) is 19.8. The Morgan fingerprint density at radius 2 is 1.63 bits per heavy atom. The van der Waals surface area contributed by atoms with E-state index >= 15 is 0 Å². The molecular formula is C25H42N2O2S. The van der Waals surface area contributed by atoms with Gasteiger partial charge in [0.05, 0.1) is 4.90 Å². The van der Waals surface area contributed by atoms with E-state index in [9.17, 15) is 8.42 Å². The number of sulfone groups is 1. The molecule has 0 atom stereocenters. The summed E-state index contributed by atoms with van der Waals surface area (Å²) in [5, 5.41) is 0. The maximum atomic E-state index is 12.3. The molecule has 1 aliphatic carbocycles. The number of unbranched alkanes of at least 4 members (excludes halogenated alkanes) is 1. The van der Waals surface area contributed by atoms with Gasteiger partial charge in [0.15, 0.2) is 9.84 Å². The molecule has 170 valence electrons. The lowest BCUT2D eigenvalue weighted by molar-refractivity contribution is 0.169. The third-order valence-corrected chi connectivity index (χ3v) is 8.47. The number of anilines is 1. The Labute approximate surface area is 184 Å². The summed E-state index contributed by atoms with van der Waals surface area (Å²) < 4.78 is 24.5. The summed E-state index contributed by atoms with van der Waals surface area (Å²) in [6.45, 7) is 14.8. The third kappa shape index (κ3) is 5.79. The van der Waals surface area contributed by atoms with E-state index in [2.05, 4.69) is 43.6 Å². The van der Waals surface area contributed by atoms with Crippen LogP contribution in [0.15, 0.2) is 23.1 Å². The average molecular weight is 435 g/mol. The smallest absolute Gasteiger partial charge is 0.175 e. The van der Waals surface area contributed by atoms with E-state index in [1.165, 1.54) is 62.6 Å². The van der Waals surface area contributed by atoms with Crippen LogP contribution in [0.1, 0.15) is 77.7 Å². The van der Waals surface area contributed by atoms with Crippen LogP contribution in [-0.2, 0) is 9.84 Å². The fraction of sp³-hybridized carbons (Fsp3) is 0.760. The normalized spacial score (nSPS) is 24.2. The van der Waals surface area contributed by atoms with Gasteiger partial charge in [0.1, 0.15) is 0 Å². The van der Waals surface area contributed by atoms with Crippen LogP contribution >= 0.6 is 0 Å². The first-order chi connectivity index (χ1) is 14.1. The van der Waals surface area contributed by atoms with E-state index in [4.69, 9.17) is 0 Å². The minimum absolute atomic E-state index is 0.358. The van der Waals surface area contributed by atoms with Crippen molar-refractivity contribution in [3.8, 4) is 0 Å². The van der Waals surface area contributed by atoms with Crippen LogP contribution in [0, 0.1) is 11.3 Å². The lowest BCUT2D eigenvalue weighted by atomic mass is 9.68. The molecule has 0 aromatic heterocycles. The molecule has 1 saturated heterocycles. The minimum Gasteiger partial charge on any atom is -0.369 e. The van der Waals surface area contributed by atoms with Gasteiger partial charge < -0.3 is 4.90 Å². The maximum absolute atomic E-state index is 12.3. The molecule has 3 rings (SSSR count). The molecule has 1 aromatic rings. The second kappa shape index (κ2) is 9.60. The molecule has 2 fully saturated rings. The van der Waals surface area contributed by atoms with E-state index in [0.29, 0.717) is 16.2 Å². The highest BCUT2D eigenvalue weighted by atomic mass is 32.2. The summed E-state index contributed by atoms with van der Waals surface area (Å²) in [5.74, 6) is 1.23. The number of nitrogens with zero attached hydrogens (tertiary/aromatic N) is 2. The van der Waals surface area contributed by atoms with Gasteiger partial charge in [-0.1, -0.05) is 34.1 Å². The van der Waals surface area contributed by atoms with Gasteiger partial charge in [-0.25, -0.2) is 8.42 Å². The van der Waals surface area contributed by atoms with Crippen molar-refractivity contribution in [3.63, 3.8) is 0 Å². The summed E-state index contributed by atoms with van der Waals surface area (Å²) in [5.41, 5.74) is 2.90. The van der Waals surface area contributed by atoms with Crippen LogP contribution in [0.3, 0.4) is 0 Å². The standard InChI is InChI=1S/C25H42N2O2S/c1-6-7-14-26-15-17-27(18-16-26)24-13-12-22(30(5,28)29)19-23(24)20-8-10-21(11-9-20)25(2,3)4/h12-13,19-21H,6-11,14-18H2,1-5H3. The van der Waals surface area contributed by atoms with Crippen molar-refractivity contribution in [1.82, 2.24) is 4.90 Å². The lowest BCUT2D eigenvalue weighted by Crippen LogP contribution is -2.47. The van der Waals surface area contributed by atoms with Crippen LogP contribution in [-0.4, -0.2) is 52.3 Å². The number of benzene rings is 1. The molecule has 1 saturated carbocycles. The molecule has 4 nitrogen and oxygen atoms in total. The van der Waals surface area contributed by atoms with Crippen molar-refractivity contribution in [2.75, 3.05) is 43.9 Å². The highest BCUT2D eigenvalue weighted by Gasteiger charge is 2.32. The van der Waals surface area contributed by atoms with Crippen LogP contribution in [0.25, 0.3) is 0 Å². The number of rotatable bonds is 6. The van der Waals surface area contributed by atoms with E-state index in [-0.39, 0.29) is 0 Å². The average Bonchev–Trinajstić information content (AvgIpc) is 2.71. The van der Waals surface area contributed by atoms with Crippen LogP contribution < -0.4 is 4.90 Å². The van der Waals surface area contributed by atoms with Gasteiger partial charge in [-0.15, -0.1) is 0 Å². The van der Waals surface area contributed by atoms with Crippen molar-refractivity contribution in [1.29, 1.82) is 0 Å². The molecule has 0 N–H and O–H groups in total. The molecule has 1 aliphatic heterocycles. The van der Waals surface area contributed by atoms with Gasteiger partial charge in [-0.3, -0.25) is 4.90 Å². The zero-order chi connectivity index (χ0) is 21.9. The molecule has 0 radical (unpaired) electrons. The first kappa shape index (κ1) is 23.6. The fourth-order valence-electron chi connectivity index (χ4n) is 5.24. The van der Waals surface area contributed by atoms with E-state index in [1.807, 2.05) is 12.1 Å². The summed E-state index contributed by atoms with van der Waals surface area (Å²) >= 11 is 0. The molecule has 0 unspecified atom stereocenters. The fourth-order valence-corrected chi connectivity index (χ4v) is 5.90. The molecule has 0 bridgehead atoms. The third-order valence-electron chi connectivity index (χ3n) is 7.36. The van der Waals surface area contributed by atoms with Crippen molar-refractivity contribution in [2.45, 2.75) is 77.0 Å². The predicted molar refractivity (Wildman–Crippen MR) is 127 cm³/mol. The molecular weight excluding hydrogens is 392 g/mol. The van der Waals surface area contributed by atoms with Crippen LogP contribution in [0.5, 0.6) is 0 Å². The van der Waals surface area contributed by atoms with E-state index < -0.39 is 9.84 Å².